The second-order valence-corrected chi connectivity index (χ2v) is 7.88. The molecule has 144 valence electrons. The molecule has 1 N–H and O–H groups in total. The van der Waals surface area contributed by atoms with Gasteiger partial charge in [0.25, 0.3) is 17.1 Å². The van der Waals surface area contributed by atoms with E-state index >= 15 is 0 Å². The lowest BCUT2D eigenvalue weighted by Crippen LogP contribution is -2.37. The molecule has 1 aliphatic rings. The number of amides is 3. The van der Waals surface area contributed by atoms with Gasteiger partial charge in [0.15, 0.2) is 0 Å². The normalized spacial score (nSPS) is 15.4. The zero-order valence-corrected chi connectivity index (χ0v) is 17.2. The van der Waals surface area contributed by atoms with Crippen molar-refractivity contribution < 1.29 is 14.4 Å². The molecule has 0 atom stereocenters. The van der Waals surface area contributed by atoms with Gasteiger partial charge in [-0.15, -0.1) is 0 Å². The minimum atomic E-state index is -0.422. The van der Waals surface area contributed by atoms with E-state index in [4.69, 9.17) is 23.2 Å². The van der Waals surface area contributed by atoms with Gasteiger partial charge in [-0.05, 0) is 42.5 Å². The summed E-state index contributed by atoms with van der Waals surface area (Å²) < 4.78 is 0. The van der Waals surface area contributed by atoms with Crippen LogP contribution in [0, 0.1) is 6.92 Å². The van der Waals surface area contributed by atoms with Gasteiger partial charge in [0.05, 0.1) is 20.5 Å². The first-order valence-electron chi connectivity index (χ1n) is 8.41. The number of rotatable bonds is 5. The average molecular weight is 435 g/mol. The molecule has 0 radical (unpaired) electrons. The lowest BCUT2D eigenvalue weighted by atomic mass is 10.1. The average Bonchev–Trinajstić information content (AvgIpc) is 2.93. The number of imide groups is 1. The summed E-state index contributed by atoms with van der Waals surface area (Å²) in [7, 11) is 0. The van der Waals surface area contributed by atoms with E-state index in [0.717, 1.165) is 27.8 Å². The van der Waals surface area contributed by atoms with Crippen molar-refractivity contribution >= 4 is 58.1 Å². The molecule has 8 heteroatoms. The Hall–Kier alpha value is -2.28. The van der Waals surface area contributed by atoms with E-state index in [1.54, 1.807) is 24.3 Å². The lowest BCUT2D eigenvalue weighted by Gasteiger charge is -2.13. The van der Waals surface area contributed by atoms with Crippen LogP contribution in [0.2, 0.25) is 10.0 Å². The fourth-order valence-corrected chi connectivity index (χ4v) is 3.81. The third-order valence-corrected chi connectivity index (χ3v) is 5.79. The Kier molecular flexibility index (Phi) is 6.44. The summed E-state index contributed by atoms with van der Waals surface area (Å²) in [6, 6.07) is 12.4. The van der Waals surface area contributed by atoms with Crippen molar-refractivity contribution in [3.63, 3.8) is 0 Å². The minimum Gasteiger partial charge on any atom is -0.350 e. The summed E-state index contributed by atoms with van der Waals surface area (Å²) in [5, 5.41) is 2.73. The smallest absolute Gasteiger partial charge is 0.293 e. The number of aryl methyl sites for hydroxylation is 1. The Morgan fingerprint density at radius 3 is 2.57 bits per heavy atom. The molecule has 1 fully saturated rings. The van der Waals surface area contributed by atoms with Gasteiger partial charge < -0.3 is 5.32 Å². The largest absolute Gasteiger partial charge is 0.350 e. The van der Waals surface area contributed by atoms with Gasteiger partial charge in [-0.1, -0.05) is 59.1 Å². The van der Waals surface area contributed by atoms with E-state index in [1.807, 2.05) is 31.2 Å². The van der Waals surface area contributed by atoms with Crippen LogP contribution in [-0.4, -0.2) is 35.0 Å². The first-order valence-corrected chi connectivity index (χ1v) is 9.98. The van der Waals surface area contributed by atoms with Crippen LogP contribution in [0.25, 0.3) is 6.08 Å². The predicted molar refractivity (Wildman–Crippen MR) is 113 cm³/mol. The van der Waals surface area contributed by atoms with Crippen molar-refractivity contribution in [3.05, 3.63) is 74.1 Å². The van der Waals surface area contributed by atoms with Gasteiger partial charge >= 0.3 is 0 Å². The number of thioether (sulfide) groups is 1. The van der Waals surface area contributed by atoms with Crippen LogP contribution in [0.4, 0.5) is 4.79 Å². The SMILES string of the molecule is Cc1ccc(C=C2SC(=O)N(CCNC(=O)c3cccc(Cl)c3Cl)C2=O)cc1. The fraction of sp³-hybridized carbons (Fsp3) is 0.150. The van der Waals surface area contributed by atoms with Crippen molar-refractivity contribution in [1.29, 1.82) is 0 Å². The summed E-state index contributed by atoms with van der Waals surface area (Å²) in [6.07, 6.45) is 1.69. The predicted octanol–water partition coefficient (Wildman–Crippen LogP) is 4.77. The van der Waals surface area contributed by atoms with Crippen LogP contribution in [-0.2, 0) is 4.79 Å². The Balaban J connectivity index is 1.61. The highest BCUT2D eigenvalue weighted by Crippen LogP contribution is 2.32. The molecule has 0 saturated carbocycles. The number of hydrogen-bond donors (Lipinski definition) is 1. The first kappa shape index (κ1) is 20.5. The zero-order valence-electron chi connectivity index (χ0n) is 14.9. The molecule has 3 amide bonds. The van der Waals surface area contributed by atoms with Gasteiger partial charge in [-0.2, -0.15) is 0 Å². The van der Waals surface area contributed by atoms with Crippen molar-refractivity contribution in [2.45, 2.75) is 6.92 Å². The number of carbonyl (C=O) groups excluding carboxylic acids is 3. The molecule has 0 spiro atoms. The van der Waals surface area contributed by atoms with Crippen LogP contribution in [0.15, 0.2) is 47.4 Å². The van der Waals surface area contributed by atoms with Gasteiger partial charge in [0.1, 0.15) is 0 Å². The third-order valence-electron chi connectivity index (χ3n) is 4.07. The second kappa shape index (κ2) is 8.82. The summed E-state index contributed by atoms with van der Waals surface area (Å²) in [5.41, 5.74) is 2.20. The topological polar surface area (TPSA) is 66.5 Å². The molecule has 0 aromatic heterocycles. The molecule has 5 nitrogen and oxygen atoms in total. The van der Waals surface area contributed by atoms with E-state index in [0.29, 0.717) is 4.91 Å². The Morgan fingerprint density at radius 2 is 1.86 bits per heavy atom. The number of hydrogen-bond acceptors (Lipinski definition) is 4. The molecular formula is C20H16Cl2N2O3S. The van der Waals surface area contributed by atoms with Crippen LogP contribution < -0.4 is 5.32 Å². The second-order valence-electron chi connectivity index (χ2n) is 6.10. The minimum absolute atomic E-state index is 0.0693. The maximum atomic E-state index is 12.5. The summed E-state index contributed by atoms with van der Waals surface area (Å²) >= 11 is 12.8. The van der Waals surface area contributed by atoms with Crippen molar-refractivity contribution in [2.24, 2.45) is 0 Å². The van der Waals surface area contributed by atoms with Gasteiger partial charge in [-0.25, -0.2) is 0 Å². The molecule has 2 aromatic carbocycles. The number of nitrogens with zero attached hydrogens (tertiary/aromatic N) is 1. The van der Waals surface area contributed by atoms with Crippen LogP contribution in [0.1, 0.15) is 21.5 Å². The van der Waals surface area contributed by atoms with E-state index in [-0.39, 0.29) is 39.8 Å². The van der Waals surface area contributed by atoms with Crippen LogP contribution in [0.5, 0.6) is 0 Å². The standard InChI is InChI=1S/C20H16Cl2N2O3S/c1-12-5-7-13(8-6-12)11-16-19(26)24(20(27)28-16)10-9-23-18(25)14-3-2-4-15(21)17(14)22/h2-8,11H,9-10H2,1H3,(H,23,25). The fourth-order valence-electron chi connectivity index (χ4n) is 2.56. The van der Waals surface area contributed by atoms with Crippen molar-refractivity contribution in [2.75, 3.05) is 13.1 Å². The number of carbonyl (C=O) groups is 3. The molecule has 1 saturated heterocycles. The highest BCUT2D eigenvalue weighted by Gasteiger charge is 2.34. The quantitative estimate of drug-likeness (QED) is 0.688. The van der Waals surface area contributed by atoms with Crippen LogP contribution >= 0.6 is 35.0 Å². The van der Waals surface area contributed by atoms with Gasteiger partial charge in [0, 0.05) is 13.1 Å². The molecule has 3 rings (SSSR count). The Bertz CT molecular complexity index is 974. The number of halogens is 2. The number of benzene rings is 2. The van der Waals surface area contributed by atoms with E-state index in [1.165, 1.54) is 0 Å². The molecule has 2 aromatic rings. The summed E-state index contributed by atoms with van der Waals surface area (Å²) in [4.78, 5) is 38.4. The monoisotopic (exact) mass is 434 g/mol. The number of nitrogens with one attached hydrogen (secondary N) is 1. The molecule has 28 heavy (non-hydrogen) atoms. The first-order chi connectivity index (χ1) is 13.4. The highest BCUT2D eigenvalue weighted by molar-refractivity contribution is 8.18. The van der Waals surface area contributed by atoms with E-state index in [9.17, 15) is 14.4 Å². The maximum absolute atomic E-state index is 12.5. The summed E-state index contributed by atoms with van der Waals surface area (Å²) in [5.74, 6) is -0.791. The summed E-state index contributed by atoms with van der Waals surface area (Å²) in [6.45, 7) is 2.15. The van der Waals surface area contributed by atoms with E-state index in [2.05, 4.69) is 5.32 Å². The van der Waals surface area contributed by atoms with Gasteiger partial charge in [-0.3, -0.25) is 19.3 Å². The van der Waals surface area contributed by atoms with Crippen LogP contribution in [0.3, 0.4) is 0 Å². The molecule has 0 bridgehead atoms. The molecular weight excluding hydrogens is 419 g/mol. The van der Waals surface area contributed by atoms with E-state index < -0.39 is 5.91 Å². The Morgan fingerprint density at radius 1 is 1.14 bits per heavy atom. The lowest BCUT2D eigenvalue weighted by molar-refractivity contribution is -0.122. The molecule has 1 heterocycles. The highest BCUT2D eigenvalue weighted by atomic mass is 35.5. The van der Waals surface area contributed by atoms with Crippen molar-refractivity contribution in [1.82, 2.24) is 10.2 Å². The molecule has 1 aliphatic heterocycles. The third kappa shape index (κ3) is 4.58. The van der Waals surface area contributed by atoms with Crippen molar-refractivity contribution in [3.8, 4) is 0 Å². The Labute approximate surface area is 176 Å². The van der Waals surface area contributed by atoms with Gasteiger partial charge in [0.2, 0.25) is 0 Å². The molecule has 0 unspecified atom stereocenters. The zero-order chi connectivity index (χ0) is 20.3. The molecule has 0 aliphatic carbocycles. The maximum Gasteiger partial charge on any atom is 0.293 e.